The Kier molecular flexibility index (Phi) is 4.41. The van der Waals surface area contributed by atoms with Gasteiger partial charge in [0, 0.05) is 20.1 Å². The lowest BCUT2D eigenvalue weighted by atomic mass is 10.2. The molecular formula is C11H19N5O2S. The summed E-state index contributed by atoms with van der Waals surface area (Å²) in [5.74, 6) is 0.106. The van der Waals surface area contributed by atoms with E-state index in [4.69, 9.17) is 4.74 Å². The van der Waals surface area contributed by atoms with E-state index in [-0.39, 0.29) is 23.4 Å². The van der Waals surface area contributed by atoms with Gasteiger partial charge in [0.05, 0.1) is 17.5 Å². The van der Waals surface area contributed by atoms with Crippen molar-refractivity contribution in [2.45, 2.75) is 43.4 Å². The van der Waals surface area contributed by atoms with Gasteiger partial charge in [0.1, 0.15) is 0 Å². The van der Waals surface area contributed by atoms with Crippen molar-refractivity contribution in [3.8, 4) is 0 Å². The van der Waals surface area contributed by atoms with E-state index in [2.05, 4.69) is 15.5 Å². The molecule has 0 spiro atoms. The van der Waals surface area contributed by atoms with E-state index in [0.717, 1.165) is 0 Å². The van der Waals surface area contributed by atoms with Crippen molar-refractivity contribution in [3.63, 3.8) is 0 Å². The highest BCUT2D eigenvalue weighted by Crippen LogP contribution is 2.22. The zero-order chi connectivity index (χ0) is 14.0. The first-order chi connectivity index (χ1) is 8.97. The van der Waals surface area contributed by atoms with Crippen LogP contribution in [-0.2, 0) is 16.6 Å². The predicted molar refractivity (Wildman–Crippen MR) is 70.7 cm³/mol. The number of amides is 1. The SMILES string of the molecule is C[C@@H]1CN(C(=O)[C@@H](C)Sc2nnnn2C)C[C@H](C)O1. The molecule has 1 fully saturated rings. The minimum atomic E-state index is -0.206. The second-order valence-electron chi connectivity index (χ2n) is 4.85. The smallest absolute Gasteiger partial charge is 0.236 e. The summed E-state index contributed by atoms with van der Waals surface area (Å²) in [7, 11) is 1.76. The Morgan fingerprint density at radius 1 is 1.42 bits per heavy atom. The first kappa shape index (κ1) is 14.3. The summed E-state index contributed by atoms with van der Waals surface area (Å²) in [6, 6.07) is 0. The number of carbonyl (C=O) groups is 1. The maximum atomic E-state index is 12.4. The number of tetrazole rings is 1. The van der Waals surface area contributed by atoms with E-state index in [1.165, 1.54) is 11.8 Å². The third-order valence-corrected chi connectivity index (χ3v) is 4.05. The highest BCUT2D eigenvalue weighted by molar-refractivity contribution is 8.00. The number of hydrogen-bond donors (Lipinski definition) is 0. The van der Waals surface area contributed by atoms with E-state index >= 15 is 0 Å². The maximum absolute atomic E-state index is 12.4. The number of thioether (sulfide) groups is 1. The molecule has 8 heteroatoms. The van der Waals surface area contributed by atoms with Gasteiger partial charge in [-0.2, -0.15) is 0 Å². The molecule has 106 valence electrons. The Morgan fingerprint density at radius 2 is 2.05 bits per heavy atom. The molecular weight excluding hydrogens is 266 g/mol. The second kappa shape index (κ2) is 5.87. The summed E-state index contributed by atoms with van der Waals surface area (Å²) < 4.78 is 7.20. The van der Waals surface area contributed by atoms with Crippen LogP contribution in [0.3, 0.4) is 0 Å². The van der Waals surface area contributed by atoms with Crippen molar-refractivity contribution in [1.29, 1.82) is 0 Å². The van der Waals surface area contributed by atoms with E-state index in [0.29, 0.717) is 18.2 Å². The Labute approximate surface area is 116 Å². The molecule has 0 aliphatic carbocycles. The standard InChI is InChI=1S/C11H19N5O2S/c1-7-5-16(6-8(2)18-7)10(17)9(3)19-11-12-13-14-15(11)4/h7-9H,5-6H2,1-4H3/t7-,8+,9-/m1/s1. The number of hydrogen-bond acceptors (Lipinski definition) is 6. The van der Waals surface area contributed by atoms with Crippen LogP contribution in [0.25, 0.3) is 0 Å². The summed E-state index contributed by atoms with van der Waals surface area (Å²) >= 11 is 1.38. The third-order valence-electron chi connectivity index (χ3n) is 2.94. The largest absolute Gasteiger partial charge is 0.372 e. The van der Waals surface area contributed by atoms with Crippen LogP contribution in [0.4, 0.5) is 0 Å². The molecule has 19 heavy (non-hydrogen) atoms. The summed E-state index contributed by atoms with van der Waals surface area (Å²) in [5.41, 5.74) is 0. The molecule has 1 amide bonds. The fourth-order valence-electron chi connectivity index (χ4n) is 2.14. The normalized spacial score (nSPS) is 25.4. The molecule has 1 aliphatic rings. The average Bonchev–Trinajstić information content (AvgIpc) is 2.72. The molecule has 0 N–H and O–H groups in total. The van der Waals surface area contributed by atoms with Crippen molar-refractivity contribution >= 4 is 17.7 Å². The zero-order valence-corrected chi connectivity index (χ0v) is 12.4. The summed E-state index contributed by atoms with van der Waals surface area (Å²) in [4.78, 5) is 14.3. The average molecular weight is 285 g/mol. The van der Waals surface area contributed by atoms with Crippen LogP contribution >= 0.6 is 11.8 Å². The molecule has 7 nitrogen and oxygen atoms in total. The van der Waals surface area contributed by atoms with Gasteiger partial charge in [0.2, 0.25) is 11.1 Å². The van der Waals surface area contributed by atoms with E-state index < -0.39 is 0 Å². The predicted octanol–water partition coefficient (Wildman–Crippen LogP) is 0.326. The summed E-state index contributed by atoms with van der Waals surface area (Å²) in [6.45, 7) is 7.14. The van der Waals surface area contributed by atoms with Gasteiger partial charge >= 0.3 is 0 Å². The topological polar surface area (TPSA) is 73.1 Å². The van der Waals surface area contributed by atoms with Gasteiger partial charge in [-0.15, -0.1) is 5.10 Å². The first-order valence-corrected chi connectivity index (χ1v) is 7.18. The molecule has 0 aromatic carbocycles. The minimum Gasteiger partial charge on any atom is -0.372 e. The Morgan fingerprint density at radius 3 is 2.58 bits per heavy atom. The van der Waals surface area contributed by atoms with Crippen LogP contribution in [0.1, 0.15) is 20.8 Å². The van der Waals surface area contributed by atoms with Crippen LogP contribution < -0.4 is 0 Å². The molecule has 1 aliphatic heterocycles. The fourth-order valence-corrected chi connectivity index (χ4v) is 2.98. The second-order valence-corrected chi connectivity index (χ2v) is 6.15. The van der Waals surface area contributed by atoms with Gasteiger partial charge in [-0.25, -0.2) is 4.68 Å². The highest BCUT2D eigenvalue weighted by Gasteiger charge is 2.29. The quantitative estimate of drug-likeness (QED) is 0.745. The molecule has 0 saturated carbocycles. The molecule has 1 aromatic heterocycles. The number of aromatic nitrogens is 4. The number of aryl methyl sites for hydroxylation is 1. The minimum absolute atomic E-state index is 0.0846. The van der Waals surface area contributed by atoms with Gasteiger partial charge < -0.3 is 9.64 Å². The lowest BCUT2D eigenvalue weighted by Gasteiger charge is -2.36. The van der Waals surface area contributed by atoms with Crippen molar-refractivity contribution in [2.24, 2.45) is 7.05 Å². The molecule has 0 bridgehead atoms. The molecule has 2 rings (SSSR count). The number of rotatable bonds is 3. The number of ether oxygens (including phenoxy) is 1. The van der Waals surface area contributed by atoms with Crippen LogP contribution in [0, 0.1) is 0 Å². The van der Waals surface area contributed by atoms with Crippen molar-refractivity contribution in [2.75, 3.05) is 13.1 Å². The summed E-state index contributed by atoms with van der Waals surface area (Å²) in [5, 5.41) is 11.6. The van der Waals surface area contributed by atoms with Crippen LogP contribution in [-0.4, -0.2) is 61.6 Å². The Bertz CT molecular complexity index is 442. The first-order valence-electron chi connectivity index (χ1n) is 6.30. The zero-order valence-electron chi connectivity index (χ0n) is 11.6. The van der Waals surface area contributed by atoms with Gasteiger partial charge in [-0.1, -0.05) is 11.8 Å². The van der Waals surface area contributed by atoms with Crippen LogP contribution in [0.15, 0.2) is 5.16 Å². The van der Waals surface area contributed by atoms with Gasteiger partial charge in [0.25, 0.3) is 0 Å². The Hall–Kier alpha value is -1.15. The maximum Gasteiger partial charge on any atom is 0.236 e. The number of morpholine rings is 1. The van der Waals surface area contributed by atoms with E-state index in [9.17, 15) is 4.79 Å². The number of carbonyl (C=O) groups excluding carboxylic acids is 1. The van der Waals surface area contributed by atoms with E-state index in [1.54, 1.807) is 11.7 Å². The number of nitrogens with zero attached hydrogens (tertiary/aromatic N) is 5. The molecule has 0 unspecified atom stereocenters. The monoisotopic (exact) mass is 285 g/mol. The van der Waals surface area contributed by atoms with Gasteiger partial charge in [0.15, 0.2) is 0 Å². The Balaban J connectivity index is 1.97. The molecule has 1 aromatic rings. The fraction of sp³-hybridized carbons (Fsp3) is 0.818. The molecule has 2 heterocycles. The van der Waals surface area contributed by atoms with Gasteiger partial charge in [-0.3, -0.25) is 4.79 Å². The summed E-state index contributed by atoms with van der Waals surface area (Å²) in [6.07, 6.45) is 0.169. The highest BCUT2D eigenvalue weighted by atomic mass is 32.2. The van der Waals surface area contributed by atoms with Gasteiger partial charge in [-0.05, 0) is 31.2 Å². The van der Waals surface area contributed by atoms with Crippen molar-refractivity contribution < 1.29 is 9.53 Å². The van der Waals surface area contributed by atoms with Crippen LogP contribution in [0.5, 0.6) is 0 Å². The molecule has 3 atom stereocenters. The third kappa shape index (κ3) is 3.44. The molecule has 1 saturated heterocycles. The lowest BCUT2D eigenvalue weighted by Crippen LogP contribution is -2.50. The van der Waals surface area contributed by atoms with Crippen molar-refractivity contribution in [1.82, 2.24) is 25.1 Å². The molecule has 0 radical (unpaired) electrons. The van der Waals surface area contributed by atoms with Crippen molar-refractivity contribution in [3.05, 3.63) is 0 Å². The lowest BCUT2D eigenvalue weighted by molar-refractivity contribution is -0.142. The van der Waals surface area contributed by atoms with Crippen LogP contribution in [0.2, 0.25) is 0 Å². The van der Waals surface area contributed by atoms with E-state index in [1.807, 2.05) is 25.7 Å².